The average molecular weight is 350 g/mol. The van der Waals surface area contributed by atoms with Gasteiger partial charge in [0.2, 0.25) is 0 Å². The van der Waals surface area contributed by atoms with Crippen LogP contribution in [0.5, 0.6) is 0 Å². The molecule has 0 amide bonds. The summed E-state index contributed by atoms with van der Waals surface area (Å²) in [5.41, 5.74) is 1.85. The van der Waals surface area contributed by atoms with Gasteiger partial charge in [-0.2, -0.15) is 0 Å². The first-order chi connectivity index (χ1) is 9.88. The van der Waals surface area contributed by atoms with Crippen LogP contribution in [0.2, 0.25) is 10.0 Å². The summed E-state index contributed by atoms with van der Waals surface area (Å²) < 4.78 is 7.31. The van der Waals surface area contributed by atoms with E-state index in [0.717, 1.165) is 36.4 Å². The topological polar surface area (TPSA) is 27.1 Å². The fraction of sp³-hybridized carbons (Fsp3) is 0.533. The lowest BCUT2D eigenvalue weighted by atomic mass is 9.89. The van der Waals surface area contributed by atoms with Crippen molar-refractivity contribution in [1.82, 2.24) is 9.55 Å². The number of aromatic nitrogens is 2. The molecule has 0 aliphatic rings. The van der Waals surface area contributed by atoms with Gasteiger partial charge in [0.1, 0.15) is 5.82 Å². The predicted octanol–water partition coefficient (Wildman–Crippen LogP) is 5.14. The Balaban J connectivity index is 2.44. The zero-order chi connectivity index (χ0) is 15.6. The van der Waals surface area contributed by atoms with E-state index < -0.39 is 0 Å². The Bertz CT molecular complexity index is 637. The molecule has 0 radical (unpaired) electrons. The second-order valence-electron chi connectivity index (χ2n) is 5.91. The quantitative estimate of drug-likeness (QED) is 0.675. The molecule has 0 bridgehead atoms. The molecule has 0 atom stereocenters. The van der Waals surface area contributed by atoms with Gasteiger partial charge in [-0.3, -0.25) is 0 Å². The van der Waals surface area contributed by atoms with Crippen molar-refractivity contribution >= 4 is 45.8 Å². The maximum absolute atomic E-state index is 6.14. The van der Waals surface area contributed by atoms with Gasteiger partial charge in [0.25, 0.3) is 0 Å². The Morgan fingerprint density at radius 3 is 2.52 bits per heavy atom. The molecule has 0 fully saturated rings. The van der Waals surface area contributed by atoms with Crippen LogP contribution in [-0.4, -0.2) is 23.3 Å². The minimum absolute atomic E-state index is 0.0660. The van der Waals surface area contributed by atoms with Crippen LogP contribution in [0.25, 0.3) is 11.0 Å². The molecule has 1 aromatic heterocycles. The molecule has 0 N–H and O–H groups in total. The molecular formula is C15H19Cl3N2O. The predicted molar refractivity (Wildman–Crippen MR) is 89.6 cm³/mol. The molecular weight excluding hydrogens is 331 g/mol. The Kier molecular flexibility index (Phi) is 5.42. The molecule has 0 unspecified atom stereocenters. The first kappa shape index (κ1) is 16.9. The fourth-order valence-electron chi connectivity index (χ4n) is 2.33. The summed E-state index contributed by atoms with van der Waals surface area (Å²) in [5, 5.41) is 1.04. The summed E-state index contributed by atoms with van der Waals surface area (Å²) in [4.78, 5) is 4.55. The van der Waals surface area contributed by atoms with E-state index in [1.807, 2.05) is 6.07 Å². The zero-order valence-corrected chi connectivity index (χ0v) is 14.7. The van der Waals surface area contributed by atoms with E-state index in [2.05, 4.69) is 23.4 Å². The number of hydrogen-bond acceptors (Lipinski definition) is 2. The average Bonchev–Trinajstić information content (AvgIpc) is 2.74. The highest BCUT2D eigenvalue weighted by molar-refractivity contribution is 6.42. The number of fused-ring (bicyclic) bond motifs is 1. The minimum Gasteiger partial charge on any atom is -0.385 e. The Morgan fingerprint density at radius 2 is 1.90 bits per heavy atom. The highest BCUT2D eigenvalue weighted by atomic mass is 35.5. The third-order valence-electron chi connectivity index (χ3n) is 3.56. The van der Waals surface area contributed by atoms with Crippen molar-refractivity contribution < 1.29 is 4.74 Å². The molecule has 1 heterocycles. The van der Waals surface area contributed by atoms with Gasteiger partial charge in [0.05, 0.1) is 27.0 Å². The van der Waals surface area contributed by atoms with E-state index in [9.17, 15) is 0 Å². The largest absolute Gasteiger partial charge is 0.385 e. The molecule has 3 nitrogen and oxygen atoms in total. The summed E-state index contributed by atoms with van der Waals surface area (Å²) in [6, 6.07) is 3.64. The van der Waals surface area contributed by atoms with Gasteiger partial charge in [-0.05, 0) is 24.0 Å². The van der Waals surface area contributed by atoms with E-state index in [-0.39, 0.29) is 5.41 Å². The van der Waals surface area contributed by atoms with Crippen LogP contribution < -0.4 is 0 Å². The summed E-state index contributed by atoms with van der Waals surface area (Å²) in [6.45, 7) is 5.93. The SMILES string of the molecule is COCCC(C)(C)Cn1c(CCl)nc2cc(Cl)c(Cl)cc21. The van der Waals surface area contributed by atoms with Gasteiger partial charge in [0.15, 0.2) is 0 Å². The summed E-state index contributed by atoms with van der Waals surface area (Å²) in [7, 11) is 1.72. The van der Waals surface area contributed by atoms with Crippen molar-refractivity contribution in [1.29, 1.82) is 0 Å². The second kappa shape index (κ2) is 6.74. The number of nitrogens with zero attached hydrogens (tertiary/aromatic N) is 2. The highest BCUT2D eigenvalue weighted by Gasteiger charge is 2.22. The Morgan fingerprint density at radius 1 is 1.24 bits per heavy atom. The lowest BCUT2D eigenvalue weighted by Gasteiger charge is -2.26. The lowest BCUT2D eigenvalue weighted by Crippen LogP contribution is -2.22. The first-order valence-corrected chi connectivity index (χ1v) is 8.06. The molecule has 1 aromatic carbocycles. The normalized spacial score (nSPS) is 12.3. The van der Waals surface area contributed by atoms with Gasteiger partial charge >= 0.3 is 0 Å². The minimum atomic E-state index is 0.0660. The maximum Gasteiger partial charge on any atom is 0.124 e. The van der Waals surface area contributed by atoms with Crippen LogP contribution in [0, 0.1) is 5.41 Å². The second-order valence-corrected chi connectivity index (χ2v) is 6.99. The molecule has 0 aliphatic heterocycles. The lowest BCUT2D eigenvalue weighted by molar-refractivity contribution is 0.143. The monoisotopic (exact) mass is 348 g/mol. The Hall–Kier alpha value is -0.480. The molecule has 116 valence electrons. The number of rotatable bonds is 6. The number of alkyl halides is 1. The molecule has 2 rings (SSSR count). The standard InChI is InChI=1S/C15H19Cl3N2O/c1-15(2,4-5-21-3)9-20-13-7-11(18)10(17)6-12(13)19-14(20)8-16/h6-7H,4-5,8-9H2,1-3H3. The third kappa shape index (κ3) is 3.84. The van der Waals surface area contributed by atoms with Crippen molar-refractivity contribution in [3.8, 4) is 0 Å². The molecule has 6 heteroatoms. The van der Waals surface area contributed by atoms with E-state index in [4.69, 9.17) is 39.5 Å². The molecule has 0 aliphatic carbocycles. The van der Waals surface area contributed by atoms with E-state index in [0.29, 0.717) is 15.9 Å². The number of benzene rings is 1. The van der Waals surface area contributed by atoms with Gasteiger partial charge in [-0.1, -0.05) is 37.0 Å². The number of ether oxygens (including phenoxy) is 1. The van der Waals surface area contributed by atoms with Crippen LogP contribution in [0.4, 0.5) is 0 Å². The van der Waals surface area contributed by atoms with Crippen molar-refractivity contribution in [2.24, 2.45) is 5.41 Å². The Labute approximate surface area is 140 Å². The molecule has 0 saturated heterocycles. The highest BCUT2D eigenvalue weighted by Crippen LogP contribution is 2.31. The van der Waals surface area contributed by atoms with E-state index in [1.54, 1.807) is 13.2 Å². The third-order valence-corrected chi connectivity index (χ3v) is 4.52. The van der Waals surface area contributed by atoms with Crippen LogP contribution >= 0.6 is 34.8 Å². The van der Waals surface area contributed by atoms with Crippen molar-refractivity contribution in [3.63, 3.8) is 0 Å². The van der Waals surface area contributed by atoms with Crippen LogP contribution in [0.15, 0.2) is 12.1 Å². The molecule has 0 saturated carbocycles. The van der Waals surface area contributed by atoms with Crippen molar-refractivity contribution in [2.45, 2.75) is 32.7 Å². The van der Waals surface area contributed by atoms with E-state index >= 15 is 0 Å². The van der Waals surface area contributed by atoms with Gasteiger partial charge in [0, 0.05) is 20.3 Å². The molecule has 0 spiro atoms. The van der Waals surface area contributed by atoms with Crippen LogP contribution in [0.1, 0.15) is 26.1 Å². The fourth-order valence-corrected chi connectivity index (χ4v) is 2.85. The first-order valence-electron chi connectivity index (χ1n) is 6.77. The van der Waals surface area contributed by atoms with E-state index in [1.165, 1.54) is 0 Å². The number of hydrogen-bond donors (Lipinski definition) is 0. The van der Waals surface area contributed by atoms with Gasteiger partial charge in [-0.15, -0.1) is 11.6 Å². The number of methoxy groups -OCH3 is 1. The van der Waals surface area contributed by atoms with Crippen LogP contribution in [0.3, 0.4) is 0 Å². The van der Waals surface area contributed by atoms with Crippen molar-refractivity contribution in [3.05, 3.63) is 28.0 Å². The molecule has 2 aromatic rings. The smallest absolute Gasteiger partial charge is 0.124 e. The number of imidazole rings is 1. The number of halogens is 3. The molecule has 21 heavy (non-hydrogen) atoms. The summed E-state index contributed by atoms with van der Waals surface area (Å²) in [5.74, 6) is 1.18. The van der Waals surface area contributed by atoms with Gasteiger partial charge in [-0.25, -0.2) is 4.98 Å². The zero-order valence-electron chi connectivity index (χ0n) is 12.4. The van der Waals surface area contributed by atoms with Gasteiger partial charge < -0.3 is 9.30 Å². The maximum atomic E-state index is 6.14. The van der Waals surface area contributed by atoms with Crippen molar-refractivity contribution in [2.75, 3.05) is 13.7 Å². The summed E-state index contributed by atoms with van der Waals surface area (Å²) in [6.07, 6.45) is 0.951. The van der Waals surface area contributed by atoms with Crippen LogP contribution in [-0.2, 0) is 17.2 Å². The summed E-state index contributed by atoms with van der Waals surface area (Å²) >= 11 is 18.2.